The number of aryl methyl sites for hydroxylation is 2. The van der Waals surface area contributed by atoms with E-state index in [4.69, 9.17) is 4.74 Å². The fourth-order valence-electron chi connectivity index (χ4n) is 4.10. The van der Waals surface area contributed by atoms with Crippen LogP contribution >= 0.6 is 0 Å². The summed E-state index contributed by atoms with van der Waals surface area (Å²) in [5.74, 6) is 1.47. The van der Waals surface area contributed by atoms with E-state index in [0.717, 1.165) is 55.7 Å². The topological polar surface area (TPSA) is 45.7 Å². The molecule has 1 aromatic rings. The molecule has 0 N–H and O–H groups in total. The van der Waals surface area contributed by atoms with Gasteiger partial charge in [-0.3, -0.25) is 9.78 Å². The molecule has 2 saturated heterocycles. The molecule has 3 fully saturated rings. The number of nitrogens with zero attached hydrogens (tertiary/aromatic N) is 3. The SMILES string of the molecule is Cc1cc(C(=O)N2C[C@@H]3CN(CC4CC4)CCO[C@@H]3C2)cc(C)n1. The van der Waals surface area contributed by atoms with Crippen molar-refractivity contribution in [1.29, 1.82) is 0 Å². The zero-order valence-electron chi connectivity index (χ0n) is 14.7. The third kappa shape index (κ3) is 3.47. The number of hydrogen-bond acceptors (Lipinski definition) is 4. The Bertz CT molecular complexity index is 609. The molecule has 0 unspecified atom stereocenters. The molecule has 1 amide bonds. The average Bonchev–Trinajstić information content (AvgIpc) is 3.29. The maximum absolute atomic E-state index is 12.9. The first-order chi connectivity index (χ1) is 11.6. The minimum Gasteiger partial charge on any atom is -0.375 e. The van der Waals surface area contributed by atoms with Crippen molar-refractivity contribution < 1.29 is 9.53 Å². The van der Waals surface area contributed by atoms with Gasteiger partial charge in [0.15, 0.2) is 0 Å². The van der Waals surface area contributed by atoms with Crippen LogP contribution in [0.1, 0.15) is 34.6 Å². The minimum atomic E-state index is 0.119. The van der Waals surface area contributed by atoms with Gasteiger partial charge in [0.25, 0.3) is 5.91 Å². The standard InChI is InChI=1S/C19H27N3O2/c1-13-7-16(8-14(2)20-13)19(23)22-11-17-10-21(9-15-3-4-15)5-6-24-18(17)12-22/h7-8,15,17-18H,3-6,9-12H2,1-2H3/t17-,18+/m0/s1. The molecule has 0 spiro atoms. The molecule has 3 aliphatic rings. The average molecular weight is 329 g/mol. The molecule has 1 saturated carbocycles. The predicted molar refractivity (Wildman–Crippen MR) is 92.0 cm³/mol. The molecule has 1 aromatic heterocycles. The first-order valence-corrected chi connectivity index (χ1v) is 9.17. The number of amides is 1. The van der Waals surface area contributed by atoms with Crippen LogP contribution in [0.15, 0.2) is 12.1 Å². The second kappa shape index (κ2) is 6.45. The van der Waals surface area contributed by atoms with Gasteiger partial charge in [0.05, 0.1) is 12.7 Å². The van der Waals surface area contributed by atoms with E-state index >= 15 is 0 Å². The van der Waals surface area contributed by atoms with E-state index < -0.39 is 0 Å². The molecule has 130 valence electrons. The Hall–Kier alpha value is -1.46. The van der Waals surface area contributed by atoms with Gasteiger partial charge < -0.3 is 14.5 Å². The molecule has 1 aliphatic carbocycles. The Morgan fingerprint density at radius 3 is 2.67 bits per heavy atom. The lowest BCUT2D eigenvalue weighted by molar-refractivity contribution is 0.0484. The van der Waals surface area contributed by atoms with Crippen molar-refractivity contribution in [2.75, 3.05) is 39.3 Å². The summed E-state index contributed by atoms with van der Waals surface area (Å²) in [6, 6.07) is 3.79. The highest BCUT2D eigenvalue weighted by Crippen LogP contribution is 2.32. The van der Waals surface area contributed by atoms with Gasteiger partial charge in [-0.1, -0.05) is 0 Å². The zero-order chi connectivity index (χ0) is 16.7. The molecular formula is C19H27N3O2. The van der Waals surface area contributed by atoms with Gasteiger partial charge in [-0.2, -0.15) is 0 Å². The summed E-state index contributed by atoms with van der Waals surface area (Å²) in [7, 11) is 0. The van der Waals surface area contributed by atoms with Gasteiger partial charge in [0, 0.05) is 55.6 Å². The van der Waals surface area contributed by atoms with Crippen molar-refractivity contribution in [2.24, 2.45) is 11.8 Å². The van der Waals surface area contributed by atoms with E-state index in [1.807, 2.05) is 30.9 Å². The van der Waals surface area contributed by atoms with Crippen molar-refractivity contribution in [1.82, 2.24) is 14.8 Å². The monoisotopic (exact) mass is 329 g/mol. The van der Waals surface area contributed by atoms with Crippen LogP contribution in [0.4, 0.5) is 0 Å². The van der Waals surface area contributed by atoms with E-state index in [0.29, 0.717) is 5.92 Å². The molecule has 2 atom stereocenters. The number of aromatic nitrogens is 1. The Kier molecular flexibility index (Phi) is 4.31. The van der Waals surface area contributed by atoms with Gasteiger partial charge in [0.1, 0.15) is 0 Å². The van der Waals surface area contributed by atoms with E-state index in [9.17, 15) is 4.79 Å². The Labute approximate surface area is 144 Å². The highest BCUT2D eigenvalue weighted by molar-refractivity contribution is 5.94. The minimum absolute atomic E-state index is 0.119. The van der Waals surface area contributed by atoms with Gasteiger partial charge in [-0.05, 0) is 44.7 Å². The number of rotatable bonds is 3. The fourth-order valence-corrected chi connectivity index (χ4v) is 4.10. The van der Waals surface area contributed by atoms with Crippen LogP contribution in [-0.2, 0) is 4.74 Å². The lowest BCUT2D eigenvalue weighted by Crippen LogP contribution is -2.35. The number of carbonyl (C=O) groups excluding carboxylic acids is 1. The lowest BCUT2D eigenvalue weighted by Gasteiger charge is -2.23. The van der Waals surface area contributed by atoms with Crippen molar-refractivity contribution >= 4 is 5.91 Å². The Morgan fingerprint density at radius 2 is 1.96 bits per heavy atom. The van der Waals surface area contributed by atoms with Crippen LogP contribution in [0, 0.1) is 25.7 Å². The molecular weight excluding hydrogens is 302 g/mol. The van der Waals surface area contributed by atoms with Crippen LogP contribution in [0.5, 0.6) is 0 Å². The second-order valence-corrected chi connectivity index (χ2v) is 7.72. The van der Waals surface area contributed by atoms with Gasteiger partial charge in [-0.25, -0.2) is 0 Å². The molecule has 5 heteroatoms. The summed E-state index contributed by atoms with van der Waals surface area (Å²) >= 11 is 0. The molecule has 2 aliphatic heterocycles. The van der Waals surface area contributed by atoms with Crippen molar-refractivity contribution in [3.63, 3.8) is 0 Å². The number of fused-ring (bicyclic) bond motifs is 1. The van der Waals surface area contributed by atoms with Gasteiger partial charge in [-0.15, -0.1) is 0 Å². The fraction of sp³-hybridized carbons (Fsp3) is 0.684. The number of carbonyl (C=O) groups is 1. The van der Waals surface area contributed by atoms with Gasteiger partial charge >= 0.3 is 0 Å². The molecule has 24 heavy (non-hydrogen) atoms. The van der Waals surface area contributed by atoms with E-state index in [-0.39, 0.29) is 12.0 Å². The first-order valence-electron chi connectivity index (χ1n) is 9.17. The lowest BCUT2D eigenvalue weighted by atomic mass is 10.1. The molecule has 3 heterocycles. The number of ether oxygens (including phenoxy) is 1. The van der Waals surface area contributed by atoms with E-state index in [2.05, 4.69) is 9.88 Å². The van der Waals surface area contributed by atoms with Crippen LogP contribution in [0.25, 0.3) is 0 Å². The smallest absolute Gasteiger partial charge is 0.254 e. The molecule has 0 bridgehead atoms. The van der Waals surface area contributed by atoms with E-state index in [1.54, 1.807) is 0 Å². The van der Waals surface area contributed by atoms with Gasteiger partial charge in [0.2, 0.25) is 0 Å². The maximum atomic E-state index is 12.9. The zero-order valence-corrected chi connectivity index (χ0v) is 14.7. The molecule has 5 nitrogen and oxygen atoms in total. The van der Waals surface area contributed by atoms with Crippen molar-refractivity contribution in [3.05, 3.63) is 29.1 Å². The maximum Gasteiger partial charge on any atom is 0.254 e. The van der Waals surface area contributed by atoms with Crippen molar-refractivity contribution in [2.45, 2.75) is 32.8 Å². The normalized spacial score (nSPS) is 27.8. The number of hydrogen-bond donors (Lipinski definition) is 0. The highest BCUT2D eigenvalue weighted by Gasteiger charge is 2.39. The summed E-state index contributed by atoms with van der Waals surface area (Å²) in [6.45, 7) is 9.53. The third-order valence-electron chi connectivity index (χ3n) is 5.44. The highest BCUT2D eigenvalue weighted by atomic mass is 16.5. The Balaban J connectivity index is 1.43. The largest absolute Gasteiger partial charge is 0.375 e. The summed E-state index contributed by atoms with van der Waals surface area (Å²) in [6.07, 6.45) is 2.97. The Morgan fingerprint density at radius 1 is 1.21 bits per heavy atom. The summed E-state index contributed by atoms with van der Waals surface area (Å²) < 4.78 is 6.07. The quantitative estimate of drug-likeness (QED) is 0.849. The van der Waals surface area contributed by atoms with Crippen LogP contribution in [0.3, 0.4) is 0 Å². The summed E-state index contributed by atoms with van der Waals surface area (Å²) in [4.78, 5) is 21.8. The van der Waals surface area contributed by atoms with Crippen molar-refractivity contribution in [3.8, 4) is 0 Å². The molecule has 0 radical (unpaired) electrons. The summed E-state index contributed by atoms with van der Waals surface area (Å²) in [5.41, 5.74) is 2.56. The van der Waals surface area contributed by atoms with Crippen LogP contribution in [0.2, 0.25) is 0 Å². The second-order valence-electron chi connectivity index (χ2n) is 7.72. The number of pyridine rings is 1. The summed E-state index contributed by atoms with van der Waals surface area (Å²) in [5, 5.41) is 0. The molecule has 0 aromatic carbocycles. The van der Waals surface area contributed by atoms with E-state index in [1.165, 1.54) is 19.4 Å². The van der Waals surface area contributed by atoms with Crippen LogP contribution in [-0.4, -0.2) is 66.1 Å². The third-order valence-corrected chi connectivity index (χ3v) is 5.44. The first kappa shape index (κ1) is 16.0. The van der Waals surface area contributed by atoms with Crippen LogP contribution < -0.4 is 0 Å². The molecule has 4 rings (SSSR count). The predicted octanol–water partition coefficient (Wildman–Crippen LogP) is 1.88. The number of likely N-dealkylation sites (tertiary alicyclic amines) is 1.